The molecule has 1 saturated heterocycles. The van der Waals surface area contributed by atoms with Gasteiger partial charge >= 0.3 is 0 Å². The maximum Gasteiger partial charge on any atom is 0.0962 e. The molecule has 17 heavy (non-hydrogen) atoms. The van der Waals surface area contributed by atoms with E-state index in [2.05, 4.69) is 36.5 Å². The van der Waals surface area contributed by atoms with Gasteiger partial charge in [-0.3, -0.25) is 0 Å². The van der Waals surface area contributed by atoms with E-state index in [4.69, 9.17) is 4.74 Å². The van der Waals surface area contributed by atoms with Crippen molar-refractivity contribution in [1.82, 2.24) is 5.32 Å². The van der Waals surface area contributed by atoms with Gasteiger partial charge in [-0.2, -0.15) is 0 Å². The van der Waals surface area contributed by atoms with Crippen molar-refractivity contribution in [1.29, 1.82) is 0 Å². The summed E-state index contributed by atoms with van der Waals surface area (Å²) < 4.78 is 6.45. The number of rotatable bonds is 1. The fourth-order valence-electron chi connectivity index (χ4n) is 3.26. The first kappa shape index (κ1) is 11.2. The molecule has 2 nitrogen and oxygen atoms in total. The monoisotopic (exact) mass is 231 g/mol. The molecule has 0 unspecified atom stereocenters. The van der Waals surface area contributed by atoms with Gasteiger partial charge in [-0.25, -0.2) is 0 Å². The van der Waals surface area contributed by atoms with Crippen LogP contribution in [0.15, 0.2) is 24.3 Å². The Morgan fingerprint density at radius 1 is 1.29 bits per heavy atom. The number of nitrogens with one attached hydrogen (secondary N) is 1. The molecule has 0 aromatic heterocycles. The molecule has 2 heteroatoms. The maximum atomic E-state index is 6.45. The summed E-state index contributed by atoms with van der Waals surface area (Å²) in [5.74, 6) is 0. The van der Waals surface area contributed by atoms with E-state index in [1.807, 2.05) is 0 Å². The van der Waals surface area contributed by atoms with Gasteiger partial charge in [0.05, 0.1) is 11.7 Å². The Labute approximate surface area is 103 Å². The maximum absolute atomic E-state index is 6.45. The van der Waals surface area contributed by atoms with Crippen molar-refractivity contribution >= 4 is 0 Å². The van der Waals surface area contributed by atoms with Crippen molar-refractivity contribution in [3.05, 3.63) is 35.4 Å². The number of fused-ring (bicyclic) bond motifs is 2. The quantitative estimate of drug-likeness (QED) is 0.802. The fourth-order valence-corrected chi connectivity index (χ4v) is 3.26. The van der Waals surface area contributed by atoms with E-state index in [1.165, 1.54) is 11.1 Å². The highest BCUT2D eigenvalue weighted by Crippen LogP contribution is 2.42. The number of piperidine rings is 1. The summed E-state index contributed by atoms with van der Waals surface area (Å²) in [7, 11) is 0. The van der Waals surface area contributed by atoms with Crippen LogP contribution in [-0.2, 0) is 16.8 Å². The zero-order valence-electron chi connectivity index (χ0n) is 10.5. The second-order valence-corrected chi connectivity index (χ2v) is 5.25. The molecule has 0 saturated carbocycles. The number of benzene rings is 1. The smallest absolute Gasteiger partial charge is 0.0962 e. The molecule has 0 amide bonds. The van der Waals surface area contributed by atoms with Gasteiger partial charge in [-0.1, -0.05) is 31.2 Å². The van der Waals surface area contributed by atoms with Crippen molar-refractivity contribution in [3.63, 3.8) is 0 Å². The van der Waals surface area contributed by atoms with Crippen LogP contribution >= 0.6 is 0 Å². The molecule has 0 aliphatic carbocycles. The third kappa shape index (κ3) is 1.90. The second kappa shape index (κ2) is 4.43. The van der Waals surface area contributed by atoms with Gasteiger partial charge in [0.2, 0.25) is 0 Å². The van der Waals surface area contributed by atoms with Crippen molar-refractivity contribution < 1.29 is 4.74 Å². The van der Waals surface area contributed by atoms with Crippen LogP contribution in [0, 0.1) is 0 Å². The Balaban J connectivity index is 2.02. The third-order valence-electron chi connectivity index (χ3n) is 4.21. The minimum absolute atomic E-state index is 0.000764. The van der Waals surface area contributed by atoms with E-state index in [9.17, 15) is 0 Å². The normalized spacial score (nSPS) is 26.8. The minimum atomic E-state index is 0.000764. The minimum Gasteiger partial charge on any atom is -0.367 e. The van der Waals surface area contributed by atoms with Crippen molar-refractivity contribution in [2.24, 2.45) is 0 Å². The molecule has 0 radical (unpaired) electrons. The van der Waals surface area contributed by atoms with Gasteiger partial charge in [-0.15, -0.1) is 0 Å². The van der Waals surface area contributed by atoms with Gasteiger partial charge < -0.3 is 10.1 Å². The Morgan fingerprint density at radius 3 is 2.82 bits per heavy atom. The predicted molar refractivity (Wildman–Crippen MR) is 69.1 cm³/mol. The Kier molecular flexibility index (Phi) is 2.93. The molecule has 92 valence electrons. The average Bonchev–Trinajstić information content (AvgIpc) is 2.40. The topological polar surface area (TPSA) is 21.3 Å². The third-order valence-corrected chi connectivity index (χ3v) is 4.21. The summed E-state index contributed by atoms with van der Waals surface area (Å²) in [4.78, 5) is 0. The molecule has 1 fully saturated rings. The molecule has 0 bridgehead atoms. The molecule has 3 rings (SSSR count). The number of hydrogen-bond donors (Lipinski definition) is 1. The zero-order valence-corrected chi connectivity index (χ0v) is 10.5. The lowest BCUT2D eigenvalue weighted by Gasteiger charge is -2.45. The van der Waals surface area contributed by atoms with Crippen LogP contribution in [-0.4, -0.2) is 19.2 Å². The lowest BCUT2D eigenvalue weighted by molar-refractivity contribution is -0.127. The Bertz CT molecular complexity index is 396. The van der Waals surface area contributed by atoms with Gasteiger partial charge in [0.25, 0.3) is 0 Å². The highest BCUT2D eigenvalue weighted by molar-refractivity contribution is 5.35. The summed E-state index contributed by atoms with van der Waals surface area (Å²) in [6.07, 6.45) is 4.83. The van der Waals surface area contributed by atoms with Crippen LogP contribution in [0.25, 0.3) is 0 Å². The fraction of sp³-hybridized carbons (Fsp3) is 0.600. The van der Waals surface area contributed by atoms with E-state index in [0.29, 0.717) is 6.10 Å². The molecule has 1 aromatic carbocycles. The number of hydrogen-bond acceptors (Lipinski definition) is 2. The molecular formula is C15H21NO. The Morgan fingerprint density at radius 2 is 2.06 bits per heavy atom. The lowest BCUT2D eigenvalue weighted by atomic mass is 9.78. The SMILES string of the molecule is CC[C@@H]1Cc2ccccc2C2(CCNCC2)O1. The van der Waals surface area contributed by atoms with Gasteiger partial charge in [-0.05, 0) is 49.9 Å². The van der Waals surface area contributed by atoms with Crippen molar-refractivity contribution in [3.8, 4) is 0 Å². The van der Waals surface area contributed by atoms with Crippen LogP contribution in [0.2, 0.25) is 0 Å². The predicted octanol–water partition coefficient (Wildman–Crippen LogP) is 2.62. The first-order valence-corrected chi connectivity index (χ1v) is 6.81. The van der Waals surface area contributed by atoms with Gasteiger partial charge in [0.1, 0.15) is 0 Å². The largest absolute Gasteiger partial charge is 0.367 e. The summed E-state index contributed by atoms with van der Waals surface area (Å²) in [6, 6.07) is 8.86. The van der Waals surface area contributed by atoms with Crippen LogP contribution < -0.4 is 5.32 Å². The van der Waals surface area contributed by atoms with Crippen molar-refractivity contribution in [2.45, 2.75) is 44.3 Å². The van der Waals surface area contributed by atoms with Gasteiger partial charge in [0, 0.05) is 0 Å². The average molecular weight is 231 g/mol. The summed E-state index contributed by atoms with van der Waals surface area (Å²) >= 11 is 0. The van der Waals surface area contributed by atoms with E-state index in [-0.39, 0.29) is 5.60 Å². The first-order chi connectivity index (χ1) is 8.34. The Hall–Kier alpha value is -0.860. The molecule has 1 spiro atoms. The van der Waals surface area contributed by atoms with Crippen LogP contribution in [0.1, 0.15) is 37.3 Å². The van der Waals surface area contributed by atoms with Crippen molar-refractivity contribution in [2.75, 3.05) is 13.1 Å². The first-order valence-electron chi connectivity index (χ1n) is 6.81. The van der Waals surface area contributed by atoms with E-state index >= 15 is 0 Å². The molecular weight excluding hydrogens is 210 g/mol. The zero-order chi connectivity index (χ0) is 11.7. The standard InChI is InChI=1S/C15H21NO/c1-2-13-11-12-5-3-4-6-14(12)15(17-13)7-9-16-10-8-15/h3-6,13,16H,2,7-11H2,1H3/t13-/m1/s1. The van der Waals surface area contributed by atoms with Crippen LogP contribution in [0.5, 0.6) is 0 Å². The lowest BCUT2D eigenvalue weighted by Crippen LogP contribution is -2.47. The van der Waals surface area contributed by atoms with E-state index in [0.717, 1.165) is 38.8 Å². The molecule has 1 aromatic rings. The summed E-state index contributed by atoms with van der Waals surface area (Å²) in [5, 5.41) is 3.44. The van der Waals surface area contributed by atoms with Crippen LogP contribution in [0.3, 0.4) is 0 Å². The molecule has 2 heterocycles. The van der Waals surface area contributed by atoms with Gasteiger partial charge in [0.15, 0.2) is 0 Å². The van der Waals surface area contributed by atoms with E-state index < -0.39 is 0 Å². The molecule has 2 aliphatic heterocycles. The molecule has 1 atom stereocenters. The van der Waals surface area contributed by atoms with Crippen LogP contribution in [0.4, 0.5) is 0 Å². The molecule has 1 N–H and O–H groups in total. The highest BCUT2D eigenvalue weighted by Gasteiger charge is 2.41. The van der Waals surface area contributed by atoms with E-state index in [1.54, 1.807) is 0 Å². The summed E-state index contributed by atoms with van der Waals surface area (Å²) in [5.41, 5.74) is 2.96. The summed E-state index contributed by atoms with van der Waals surface area (Å²) in [6.45, 7) is 4.38. The number of ether oxygens (including phenoxy) is 1. The highest BCUT2D eigenvalue weighted by atomic mass is 16.5. The second-order valence-electron chi connectivity index (χ2n) is 5.25. The molecule has 2 aliphatic rings.